The van der Waals surface area contributed by atoms with Crippen molar-refractivity contribution in [2.75, 3.05) is 20.3 Å². The molecule has 1 aliphatic heterocycles. The summed E-state index contributed by atoms with van der Waals surface area (Å²) >= 11 is 6.16. The third-order valence-corrected chi connectivity index (χ3v) is 3.75. The first-order valence-electron chi connectivity index (χ1n) is 6.78. The third kappa shape index (κ3) is 3.62. The molecular formula is C15H22ClNO2. The highest BCUT2D eigenvalue weighted by molar-refractivity contribution is 6.30. The summed E-state index contributed by atoms with van der Waals surface area (Å²) in [5.41, 5.74) is 2.36. The van der Waals surface area contributed by atoms with Crippen LogP contribution in [0.3, 0.4) is 0 Å². The maximum absolute atomic E-state index is 6.16. The Morgan fingerprint density at radius 2 is 2.21 bits per heavy atom. The summed E-state index contributed by atoms with van der Waals surface area (Å²) in [6, 6.07) is 4.33. The van der Waals surface area contributed by atoms with Gasteiger partial charge < -0.3 is 14.8 Å². The summed E-state index contributed by atoms with van der Waals surface area (Å²) in [5, 5.41) is 4.32. The van der Waals surface area contributed by atoms with Gasteiger partial charge in [0.2, 0.25) is 0 Å². The Kier molecular flexibility index (Phi) is 5.08. The van der Waals surface area contributed by atoms with Gasteiger partial charge in [-0.05, 0) is 23.6 Å². The zero-order valence-corrected chi connectivity index (χ0v) is 12.6. The number of hydrogen-bond donors (Lipinski definition) is 1. The lowest BCUT2D eigenvalue weighted by Crippen LogP contribution is -2.37. The molecule has 4 heteroatoms. The number of ether oxygens (including phenoxy) is 2. The fourth-order valence-corrected chi connectivity index (χ4v) is 2.65. The third-order valence-electron chi connectivity index (χ3n) is 3.53. The summed E-state index contributed by atoms with van der Waals surface area (Å²) in [5.74, 6) is 1.53. The van der Waals surface area contributed by atoms with E-state index >= 15 is 0 Å². The van der Waals surface area contributed by atoms with E-state index in [0.717, 1.165) is 35.9 Å². The highest BCUT2D eigenvalue weighted by Crippen LogP contribution is 2.32. The van der Waals surface area contributed by atoms with Gasteiger partial charge in [-0.3, -0.25) is 0 Å². The first-order chi connectivity index (χ1) is 9.11. The van der Waals surface area contributed by atoms with Crippen LogP contribution in [-0.2, 0) is 17.7 Å². The maximum atomic E-state index is 6.16. The summed E-state index contributed by atoms with van der Waals surface area (Å²) in [6.45, 7) is 6.61. The number of hydrogen-bond acceptors (Lipinski definition) is 3. The molecule has 0 fully saturated rings. The second-order valence-electron chi connectivity index (χ2n) is 5.34. The van der Waals surface area contributed by atoms with Gasteiger partial charge in [-0.25, -0.2) is 0 Å². The van der Waals surface area contributed by atoms with E-state index in [-0.39, 0.29) is 0 Å². The van der Waals surface area contributed by atoms with E-state index < -0.39 is 0 Å². The molecule has 1 N–H and O–H groups in total. The van der Waals surface area contributed by atoms with E-state index in [1.807, 2.05) is 12.1 Å². The van der Waals surface area contributed by atoms with E-state index in [1.54, 1.807) is 7.11 Å². The van der Waals surface area contributed by atoms with Crippen molar-refractivity contribution in [3.05, 3.63) is 28.3 Å². The largest absolute Gasteiger partial charge is 0.493 e. The normalized spacial score (nSPS) is 15.4. The molecule has 1 aliphatic rings. The summed E-state index contributed by atoms with van der Waals surface area (Å²) in [4.78, 5) is 0. The van der Waals surface area contributed by atoms with Gasteiger partial charge >= 0.3 is 0 Å². The lowest BCUT2D eigenvalue weighted by atomic mass is 10.0. The molecule has 0 amide bonds. The molecule has 106 valence electrons. The van der Waals surface area contributed by atoms with Crippen LogP contribution in [-0.4, -0.2) is 26.4 Å². The standard InChI is InChI=1S/C15H22ClNO2/c1-10(2)14(9-18-3)17-8-12-7-13(16)6-11-4-5-19-15(11)12/h6-7,10,14,17H,4-5,8-9H2,1-3H3. The summed E-state index contributed by atoms with van der Waals surface area (Å²) < 4.78 is 11.0. The van der Waals surface area contributed by atoms with E-state index in [4.69, 9.17) is 21.1 Å². The van der Waals surface area contributed by atoms with Crippen molar-refractivity contribution in [3.63, 3.8) is 0 Å². The quantitative estimate of drug-likeness (QED) is 0.870. The van der Waals surface area contributed by atoms with Crippen molar-refractivity contribution in [3.8, 4) is 5.75 Å². The van der Waals surface area contributed by atoms with Crippen LogP contribution < -0.4 is 10.1 Å². The summed E-state index contributed by atoms with van der Waals surface area (Å²) in [7, 11) is 1.73. The Morgan fingerprint density at radius 3 is 2.89 bits per heavy atom. The van der Waals surface area contributed by atoms with Gasteiger partial charge in [0.05, 0.1) is 13.2 Å². The number of fused-ring (bicyclic) bond motifs is 1. The van der Waals surface area contributed by atoms with Crippen molar-refractivity contribution in [2.45, 2.75) is 32.9 Å². The van der Waals surface area contributed by atoms with Crippen LogP contribution in [0.5, 0.6) is 5.75 Å². The van der Waals surface area contributed by atoms with Crippen molar-refractivity contribution in [1.82, 2.24) is 5.32 Å². The fraction of sp³-hybridized carbons (Fsp3) is 0.600. The van der Waals surface area contributed by atoms with Crippen LogP contribution in [0.15, 0.2) is 12.1 Å². The molecule has 1 atom stereocenters. The van der Waals surface area contributed by atoms with Crippen LogP contribution in [0.4, 0.5) is 0 Å². The van der Waals surface area contributed by atoms with E-state index in [9.17, 15) is 0 Å². The van der Waals surface area contributed by atoms with Crippen molar-refractivity contribution in [1.29, 1.82) is 0 Å². The number of benzene rings is 1. The number of halogens is 1. The molecule has 0 saturated heterocycles. The molecule has 1 aromatic rings. The number of rotatable bonds is 6. The first-order valence-corrected chi connectivity index (χ1v) is 7.16. The Balaban J connectivity index is 2.07. The molecule has 19 heavy (non-hydrogen) atoms. The molecule has 3 nitrogen and oxygen atoms in total. The lowest BCUT2D eigenvalue weighted by molar-refractivity contribution is 0.146. The van der Waals surface area contributed by atoms with Gasteiger partial charge in [-0.2, -0.15) is 0 Å². The van der Waals surface area contributed by atoms with Crippen LogP contribution in [0.1, 0.15) is 25.0 Å². The van der Waals surface area contributed by atoms with Crippen LogP contribution in [0, 0.1) is 5.92 Å². The molecule has 0 saturated carbocycles. The SMILES string of the molecule is COCC(NCc1cc(Cl)cc2c1OCC2)C(C)C. The van der Waals surface area contributed by atoms with Gasteiger partial charge in [-0.1, -0.05) is 25.4 Å². The van der Waals surface area contributed by atoms with Gasteiger partial charge in [0.15, 0.2) is 0 Å². The number of methoxy groups -OCH3 is 1. The van der Waals surface area contributed by atoms with Gasteiger partial charge in [0.25, 0.3) is 0 Å². The molecular weight excluding hydrogens is 262 g/mol. The second kappa shape index (κ2) is 6.60. The van der Waals surface area contributed by atoms with Crippen LogP contribution in [0.2, 0.25) is 5.02 Å². The molecule has 0 aliphatic carbocycles. The highest BCUT2D eigenvalue weighted by atomic mass is 35.5. The Bertz CT molecular complexity index is 434. The molecule has 1 aromatic carbocycles. The van der Waals surface area contributed by atoms with Crippen molar-refractivity contribution in [2.24, 2.45) is 5.92 Å². The Morgan fingerprint density at radius 1 is 1.42 bits per heavy atom. The predicted octanol–water partition coefficient (Wildman–Crippen LogP) is 3.04. The van der Waals surface area contributed by atoms with Gasteiger partial charge in [-0.15, -0.1) is 0 Å². The van der Waals surface area contributed by atoms with Crippen LogP contribution >= 0.6 is 11.6 Å². The van der Waals surface area contributed by atoms with Crippen molar-refractivity contribution < 1.29 is 9.47 Å². The summed E-state index contributed by atoms with van der Waals surface area (Å²) in [6.07, 6.45) is 0.953. The average Bonchev–Trinajstić information content (AvgIpc) is 2.81. The topological polar surface area (TPSA) is 30.5 Å². The van der Waals surface area contributed by atoms with Crippen LogP contribution in [0.25, 0.3) is 0 Å². The molecule has 0 aromatic heterocycles. The fourth-order valence-electron chi connectivity index (χ4n) is 2.39. The van der Waals surface area contributed by atoms with Gasteiger partial charge in [0.1, 0.15) is 5.75 Å². The van der Waals surface area contributed by atoms with Crippen molar-refractivity contribution >= 4 is 11.6 Å². The first kappa shape index (κ1) is 14.6. The minimum Gasteiger partial charge on any atom is -0.493 e. The lowest BCUT2D eigenvalue weighted by Gasteiger charge is -2.22. The molecule has 1 heterocycles. The minimum absolute atomic E-state index is 0.334. The predicted molar refractivity (Wildman–Crippen MR) is 78.0 cm³/mol. The second-order valence-corrected chi connectivity index (χ2v) is 5.77. The maximum Gasteiger partial charge on any atom is 0.127 e. The minimum atomic E-state index is 0.334. The van der Waals surface area contributed by atoms with Gasteiger partial charge in [0, 0.05) is 36.7 Å². The Hall–Kier alpha value is -0.770. The Labute approximate surface area is 120 Å². The average molecular weight is 284 g/mol. The smallest absolute Gasteiger partial charge is 0.127 e. The molecule has 1 unspecified atom stereocenters. The zero-order chi connectivity index (χ0) is 13.8. The van der Waals surface area contributed by atoms with E-state index in [1.165, 1.54) is 5.56 Å². The molecule has 0 bridgehead atoms. The van der Waals surface area contributed by atoms with E-state index in [2.05, 4.69) is 19.2 Å². The monoisotopic (exact) mass is 283 g/mol. The molecule has 0 spiro atoms. The highest BCUT2D eigenvalue weighted by Gasteiger charge is 2.19. The van der Waals surface area contributed by atoms with E-state index in [0.29, 0.717) is 18.6 Å². The number of nitrogens with one attached hydrogen (secondary N) is 1. The molecule has 0 radical (unpaired) electrons. The zero-order valence-electron chi connectivity index (χ0n) is 11.8. The molecule has 2 rings (SSSR count).